The van der Waals surface area contributed by atoms with Crippen LogP contribution in [0, 0.1) is 5.41 Å². The first-order chi connectivity index (χ1) is 15.2. The standard InChI is InChI=1S/C26H34O6/c1-25(2,3)26(4)31-17-21(27)24(32-26)23(28)22(30-16-20-13-9-6-10-14-20)18-29-15-19-11-7-5-8-12-19/h5-14,22-24,28H,15-18H2,1-4H3/t22-,23+,24-,26-/m1/s1. The van der Waals surface area contributed by atoms with E-state index in [2.05, 4.69) is 0 Å². The van der Waals surface area contributed by atoms with Gasteiger partial charge in [0.15, 0.2) is 11.6 Å². The van der Waals surface area contributed by atoms with Gasteiger partial charge >= 0.3 is 0 Å². The van der Waals surface area contributed by atoms with Crippen LogP contribution in [0.2, 0.25) is 0 Å². The van der Waals surface area contributed by atoms with Crippen molar-refractivity contribution in [1.82, 2.24) is 0 Å². The van der Waals surface area contributed by atoms with E-state index in [-0.39, 0.29) is 25.6 Å². The number of Topliss-reactive ketones (excluding diaryl/α,β-unsaturated/α-hetero) is 1. The zero-order chi connectivity index (χ0) is 23.2. The zero-order valence-electron chi connectivity index (χ0n) is 19.3. The fraction of sp³-hybridized carbons (Fsp3) is 0.500. The van der Waals surface area contributed by atoms with Gasteiger partial charge < -0.3 is 24.1 Å². The second kappa shape index (κ2) is 10.7. The molecule has 1 aliphatic rings. The lowest BCUT2D eigenvalue weighted by Gasteiger charge is -2.47. The molecule has 1 N–H and O–H groups in total. The van der Waals surface area contributed by atoms with E-state index in [9.17, 15) is 9.90 Å². The molecule has 1 fully saturated rings. The summed E-state index contributed by atoms with van der Waals surface area (Å²) in [5.74, 6) is -1.32. The Bertz CT molecular complexity index is 848. The Labute approximate surface area is 190 Å². The van der Waals surface area contributed by atoms with Crippen LogP contribution in [0.4, 0.5) is 0 Å². The van der Waals surface area contributed by atoms with E-state index in [1.807, 2.05) is 81.4 Å². The second-order valence-electron chi connectivity index (χ2n) is 9.32. The van der Waals surface area contributed by atoms with Crippen LogP contribution in [-0.4, -0.2) is 48.2 Å². The van der Waals surface area contributed by atoms with Gasteiger partial charge in [-0.1, -0.05) is 81.4 Å². The molecule has 0 saturated carbocycles. The van der Waals surface area contributed by atoms with Crippen molar-refractivity contribution in [2.24, 2.45) is 5.41 Å². The molecule has 0 aromatic heterocycles. The molecule has 6 nitrogen and oxygen atoms in total. The number of carbonyl (C=O) groups excluding carboxylic acids is 1. The second-order valence-corrected chi connectivity index (χ2v) is 9.32. The number of hydrogen-bond donors (Lipinski definition) is 1. The van der Waals surface area contributed by atoms with Crippen molar-refractivity contribution < 1.29 is 28.8 Å². The Morgan fingerprint density at radius 3 is 2.16 bits per heavy atom. The van der Waals surface area contributed by atoms with Crippen LogP contribution >= 0.6 is 0 Å². The minimum atomic E-state index is -1.20. The third-order valence-corrected chi connectivity index (χ3v) is 5.91. The molecule has 0 bridgehead atoms. The third kappa shape index (κ3) is 6.24. The molecular formula is C26H34O6. The summed E-state index contributed by atoms with van der Waals surface area (Å²) in [6, 6.07) is 19.4. The first-order valence-electron chi connectivity index (χ1n) is 11.0. The molecule has 4 atom stereocenters. The van der Waals surface area contributed by atoms with Crippen LogP contribution in [0.25, 0.3) is 0 Å². The maximum atomic E-state index is 12.6. The van der Waals surface area contributed by atoms with Gasteiger partial charge in [0, 0.05) is 5.41 Å². The highest BCUT2D eigenvalue weighted by Gasteiger charge is 2.50. The molecule has 1 aliphatic heterocycles. The number of aliphatic hydroxyl groups excluding tert-OH is 1. The van der Waals surface area contributed by atoms with Gasteiger partial charge in [0.05, 0.1) is 19.8 Å². The summed E-state index contributed by atoms with van der Waals surface area (Å²) in [4.78, 5) is 12.6. The van der Waals surface area contributed by atoms with E-state index in [0.717, 1.165) is 11.1 Å². The van der Waals surface area contributed by atoms with Gasteiger partial charge in [0.2, 0.25) is 0 Å². The van der Waals surface area contributed by atoms with Crippen LogP contribution in [0.3, 0.4) is 0 Å². The van der Waals surface area contributed by atoms with Gasteiger partial charge in [-0.05, 0) is 18.1 Å². The van der Waals surface area contributed by atoms with Crippen molar-refractivity contribution in [3.05, 3.63) is 71.8 Å². The van der Waals surface area contributed by atoms with Crippen LogP contribution in [0.5, 0.6) is 0 Å². The third-order valence-electron chi connectivity index (χ3n) is 5.91. The van der Waals surface area contributed by atoms with Gasteiger partial charge in [-0.15, -0.1) is 0 Å². The molecule has 0 aliphatic carbocycles. The average molecular weight is 443 g/mol. The monoisotopic (exact) mass is 442 g/mol. The number of ether oxygens (including phenoxy) is 4. The summed E-state index contributed by atoms with van der Waals surface area (Å²) >= 11 is 0. The maximum Gasteiger partial charge on any atom is 0.190 e. The van der Waals surface area contributed by atoms with Crippen molar-refractivity contribution >= 4 is 5.78 Å². The molecule has 3 rings (SSSR count). The van der Waals surface area contributed by atoms with Crippen molar-refractivity contribution in [3.63, 3.8) is 0 Å². The minimum Gasteiger partial charge on any atom is -0.387 e. The first kappa shape index (κ1) is 24.6. The summed E-state index contributed by atoms with van der Waals surface area (Å²) in [6.45, 7) is 8.36. The van der Waals surface area contributed by atoms with Gasteiger partial charge in [-0.25, -0.2) is 0 Å². The van der Waals surface area contributed by atoms with Gasteiger partial charge in [-0.2, -0.15) is 0 Å². The number of rotatable bonds is 9. The lowest BCUT2D eigenvalue weighted by atomic mass is 9.85. The Morgan fingerprint density at radius 1 is 1.03 bits per heavy atom. The van der Waals surface area contributed by atoms with E-state index in [4.69, 9.17) is 18.9 Å². The Kier molecular flexibility index (Phi) is 8.20. The molecule has 0 radical (unpaired) electrons. The van der Waals surface area contributed by atoms with Gasteiger partial charge in [0.25, 0.3) is 0 Å². The summed E-state index contributed by atoms with van der Waals surface area (Å²) in [7, 11) is 0. The smallest absolute Gasteiger partial charge is 0.190 e. The van der Waals surface area contributed by atoms with E-state index in [0.29, 0.717) is 6.61 Å². The highest BCUT2D eigenvalue weighted by atomic mass is 16.7. The van der Waals surface area contributed by atoms with Gasteiger partial charge in [-0.3, -0.25) is 4.79 Å². The quantitative estimate of drug-likeness (QED) is 0.635. The molecule has 6 heteroatoms. The van der Waals surface area contributed by atoms with Crippen molar-refractivity contribution in [2.45, 2.75) is 65.0 Å². The zero-order valence-corrected chi connectivity index (χ0v) is 19.3. The topological polar surface area (TPSA) is 74.2 Å². The van der Waals surface area contributed by atoms with E-state index in [1.165, 1.54) is 0 Å². The lowest BCUT2D eigenvalue weighted by Crippen LogP contribution is -2.60. The van der Waals surface area contributed by atoms with E-state index < -0.39 is 29.5 Å². The Balaban J connectivity index is 1.71. The van der Waals surface area contributed by atoms with Crippen LogP contribution in [0.15, 0.2) is 60.7 Å². The minimum absolute atomic E-state index is 0.114. The summed E-state index contributed by atoms with van der Waals surface area (Å²) in [5.41, 5.74) is 1.59. The van der Waals surface area contributed by atoms with E-state index >= 15 is 0 Å². The highest BCUT2D eigenvalue weighted by molar-refractivity contribution is 5.85. The van der Waals surface area contributed by atoms with Crippen molar-refractivity contribution in [2.75, 3.05) is 13.2 Å². The fourth-order valence-corrected chi connectivity index (χ4v) is 3.37. The molecule has 0 unspecified atom stereocenters. The number of aliphatic hydroxyl groups is 1. The van der Waals surface area contributed by atoms with Crippen LogP contribution < -0.4 is 0 Å². The lowest BCUT2D eigenvalue weighted by molar-refractivity contribution is -0.323. The normalized spacial score (nSPS) is 23.7. The van der Waals surface area contributed by atoms with E-state index in [1.54, 1.807) is 6.92 Å². The molecule has 1 heterocycles. The molecule has 0 amide bonds. The molecule has 1 saturated heterocycles. The molecular weight excluding hydrogens is 408 g/mol. The first-order valence-corrected chi connectivity index (χ1v) is 11.0. The average Bonchev–Trinajstić information content (AvgIpc) is 2.78. The van der Waals surface area contributed by atoms with Crippen molar-refractivity contribution in [1.29, 1.82) is 0 Å². The highest BCUT2D eigenvalue weighted by Crippen LogP contribution is 2.39. The Hall–Kier alpha value is -2.09. The summed E-state index contributed by atoms with van der Waals surface area (Å²) in [6.07, 6.45) is -3.02. The number of carbonyl (C=O) groups is 1. The molecule has 0 spiro atoms. The molecule has 32 heavy (non-hydrogen) atoms. The number of benzene rings is 2. The fourth-order valence-electron chi connectivity index (χ4n) is 3.37. The van der Waals surface area contributed by atoms with Crippen molar-refractivity contribution in [3.8, 4) is 0 Å². The largest absolute Gasteiger partial charge is 0.387 e. The molecule has 2 aromatic rings. The summed E-state index contributed by atoms with van der Waals surface area (Å²) in [5, 5.41) is 11.2. The number of ketones is 1. The summed E-state index contributed by atoms with van der Waals surface area (Å²) < 4.78 is 23.7. The number of hydrogen-bond acceptors (Lipinski definition) is 6. The van der Waals surface area contributed by atoms with Gasteiger partial charge in [0.1, 0.15) is 24.9 Å². The van der Waals surface area contributed by atoms with Crippen LogP contribution in [0.1, 0.15) is 38.8 Å². The predicted molar refractivity (Wildman–Crippen MR) is 121 cm³/mol. The molecule has 174 valence electrons. The predicted octanol–water partition coefficient (Wildman–Crippen LogP) is 3.90. The molecule has 2 aromatic carbocycles. The maximum absolute atomic E-state index is 12.6. The van der Waals surface area contributed by atoms with Crippen LogP contribution in [-0.2, 0) is 37.0 Å². The SMILES string of the molecule is CC(C)(C)[C@]1(C)OCC(=O)[C@H]([C@@H](O)[C@@H](COCc2ccccc2)OCc2ccccc2)O1. The Morgan fingerprint density at radius 2 is 1.59 bits per heavy atom.